The van der Waals surface area contributed by atoms with E-state index >= 15 is 0 Å². The molecule has 0 saturated carbocycles. The van der Waals surface area contributed by atoms with Crippen LogP contribution in [-0.4, -0.2) is 29.0 Å². The van der Waals surface area contributed by atoms with Crippen molar-refractivity contribution in [1.82, 2.24) is 9.88 Å². The fourth-order valence-electron chi connectivity index (χ4n) is 3.31. The van der Waals surface area contributed by atoms with Crippen molar-refractivity contribution in [3.05, 3.63) is 53.7 Å². The number of rotatable bonds is 3. The average molecular weight is 323 g/mol. The molecule has 3 heterocycles. The number of hydrogen-bond acceptors (Lipinski definition) is 4. The normalized spacial score (nSPS) is 16.9. The van der Waals surface area contributed by atoms with Gasteiger partial charge in [-0.15, -0.1) is 11.3 Å². The summed E-state index contributed by atoms with van der Waals surface area (Å²) in [6.45, 7) is 3.22. The molecule has 0 bridgehead atoms. The zero-order valence-corrected chi connectivity index (χ0v) is 13.9. The molecule has 118 valence electrons. The SMILES string of the molecule is NC1CCN(Cc2ccc3cncc(-c4cccs4)c3c2)CC1. The zero-order chi connectivity index (χ0) is 15.6. The van der Waals surface area contributed by atoms with Crippen LogP contribution in [0.3, 0.4) is 0 Å². The molecule has 23 heavy (non-hydrogen) atoms. The number of piperidine rings is 1. The van der Waals surface area contributed by atoms with Gasteiger partial charge in [0.15, 0.2) is 0 Å². The largest absolute Gasteiger partial charge is 0.328 e. The maximum Gasteiger partial charge on any atom is 0.0364 e. The first kappa shape index (κ1) is 14.8. The molecule has 4 rings (SSSR count). The van der Waals surface area contributed by atoms with E-state index < -0.39 is 0 Å². The molecule has 0 amide bonds. The topological polar surface area (TPSA) is 42.1 Å². The molecule has 0 radical (unpaired) electrons. The molecular weight excluding hydrogens is 302 g/mol. The van der Waals surface area contributed by atoms with Gasteiger partial charge < -0.3 is 5.73 Å². The van der Waals surface area contributed by atoms with E-state index in [-0.39, 0.29) is 0 Å². The van der Waals surface area contributed by atoms with Crippen LogP contribution in [-0.2, 0) is 6.54 Å². The highest BCUT2D eigenvalue weighted by Crippen LogP contribution is 2.31. The lowest BCUT2D eigenvalue weighted by molar-refractivity contribution is 0.206. The van der Waals surface area contributed by atoms with Crippen LogP contribution in [0.1, 0.15) is 18.4 Å². The fraction of sp³-hybridized carbons (Fsp3) is 0.316. The predicted molar refractivity (Wildman–Crippen MR) is 97.5 cm³/mol. The molecule has 2 aromatic heterocycles. The van der Waals surface area contributed by atoms with E-state index in [0.29, 0.717) is 6.04 Å². The van der Waals surface area contributed by atoms with E-state index in [9.17, 15) is 0 Å². The van der Waals surface area contributed by atoms with Gasteiger partial charge in [-0.1, -0.05) is 18.2 Å². The summed E-state index contributed by atoms with van der Waals surface area (Å²) < 4.78 is 0. The van der Waals surface area contributed by atoms with Crippen LogP contribution in [0.15, 0.2) is 48.1 Å². The minimum absolute atomic E-state index is 0.388. The summed E-state index contributed by atoms with van der Waals surface area (Å²) in [7, 11) is 0. The Hall–Kier alpha value is -1.75. The quantitative estimate of drug-likeness (QED) is 0.795. The first-order chi connectivity index (χ1) is 11.3. The maximum absolute atomic E-state index is 6.01. The third-order valence-corrected chi connectivity index (χ3v) is 5.55. The van der Waals surface area contributed by atoms with Gasteiger partial charge >= 0.3 is 0 Å². The smallest absolute Gasteiger partial charge is 0.0364 e. The summed E-state index contributed by atoms with van der Waals surface area (Å²) >= 11 is 1.77. The number of likely N-dealkylation sites (tertiary alicyclic amines) is 1. The Morgan fingerprint density at radius 3 is 2.83 bits per heavy atom. The lowest BCUT2D eigenvalue weighted by atomic mass is 10.0. The van der Waals surface area contributed by atoms with E-state index in [4.69, 9.17) is 5.73 Å². The van der Waals surface area contributed by atoms with Crippen molar-refractivity contribution >= 4 is 22.1 Å². The Kier molecular flexibility index (Phi) is 4.12. The van der Waals surface area contributed by atoms with Crippen molar-refractivity contribution < 1.29 is 0 Å². The van der Waals surface area contributed by atoms with E-state index in [1.807, 2.05) is 12.4 Å². The van der Waals surface area contributed by atoms with Crippen LogP contribution < -0.4 is 5.73 Å². The van der Waals surface area contributed by atoms with Gasteiger partial charge in [0.2, 0.25) is 0 Å². The van der Waals surface area contributed by atoms with Crippen LogP contribution in [0.5, 0.6) is 0 Å². The molecule has 2 N–H and O–H groups in total. The minimum Gasteiger partial charge on any atom is -0.328 e. The predicted octanol–water partition coefficient (Wildman–Crippen LogP) is 3.89. The molecule has 1 aromatic carbocycles. The summed E-state index contributed by atoms with van der Waals surface area (Å²) in [5.41, 5.74) is 8.61. The van der Waals surface area contributed by atoms with Gasteiger partial charge in [-0.2, -0.15) is 0 Å². The second kappa shape index (κ2) is 6.40. The van der Waals surface area contributed by atoms with Gasteiger partial charge in [0.05, 0.1) is 0 Å². The van der Waals surface area contributed by atoms with E-state index in [1.165, 1.54) is 26.8 Å². The molecule has 1 saturated heterocycles. The van der Waals surface area contributed by atoms with E-state index in [0.717, 1.165) is 32.5 Å². The van der Waals surface area contributed by atoms with Gasteiger partial charge in [-0.25, -0.2) is 0 Å². The number of pyridine rings is 1. The van der Waals surface area contributed by atoms with Crippen molar-refractivity contribution in [2.24, 2.45) is 5.73 Å². The summed E-state index contributed by atoms with van der Waals surface area (Å²) in [4.78, 5) is 8.20. The van der Waals surface area contributed by atoms with Crippen molar-refractivity contribution in [2.45, 2.75) is 25.4 Å². The number of hydrogen-bond donors (Lipinski definition) is 1. The maximum atomic E-state index is 6.01. The minimum atomic E-state index is 0.388. The van der Waals surface area contributed by atoms with Gasteiger partial charge in [0.1, 0.15) is 0 Å². The van der Waals surface area contributed by atoms with Crippen molar-refractivity contribution in [1.29, 1.82) is 0 Å². The Bertz CT molecular complexity index is 789. The molecule has 4 heteroatoms. The number of nitrogens with zero attached hydrogens (tertiary/aromatic N) is 2. The van der Waals surface area contributed by atoms with Crippen LogP contribution in [0.4, 0.5) is 0 Å². The number of nitrogens with two attached hydrogens (primary N) is 1. The van der Waals surface area contributed by atoms with Gasteiger partial charge in [-0.05, 0) is 54.4 Å². The lowest BCUT2D eigenvalue weighted by Gasteiger charge is -2.30. The van der Waals surface area contributed by atoms with Gasteiger partial charge in [-0.3, -0.25) is 9.88 Å². The molecule has 0 atom stereocenters. The Morgan fingerprint density at radius 2 is 2.04 bits per heavy atom. The van der Waals surface area contributed by atoms with Crippen molar-refractivity contribution in [2.75, 3.05) is 13.1 Å². The second-order valence-corrected chi connectivity index (χ2v) is 7.28. The molecule has 3 aromatic rings. The monoisotopic (exact) mass is 323 g/mol. The number of thiophene rings is 1. The van der Waals surface area contributed by atoms with Gasteiger partial charge in [0.25, 0.3) is 0 Å². The van der Waals surface area contributed by atoms with Crippen molar-refractivity contribution in [3.8, 4) is 10.4 Å². The Balaban J connectivity index is 1.65. The van der Waals surface area contributed by atoms with Crippen molar-refractivity contribution in [3.63, 3.8) is 0 Å². The number of aromatic nitrogens is 1. The second-order valence-electron chi connectivity index (χ2n) is 6.33. The zero-order valence-electron chi connectivity index (χ0n) is 13.1. The summed E-state index contributed by atoms with van der Waals surface area (Å²) in [6.07, 6.45) is 6.16. The lowest BCUT2D eigenvalue weighted by Crippen LogP contribution is -2.39. The highest BCUT2D eigenvalue weighted by Gasteiger charge is 2.16. The van der Waals surface area contributed by atoms with E-state index in [1.54, 1.807) is 11.3 Å². The first-order valence-electron chi connectivity index (χ1n) is 8.18. The molecule has 0 unspecified atom stereocenters. The van der Waals surface area contributed by atoms with E-state index in [2.05, 4.69) is 45.6 Å². The summed E-state index contributed by atoms with van der Waals surface area (Å²) in [6, 6.07) is 11.4. The molecule has 0 spiro atoms. The molecule has 1 aliphatic rings. The van der Waals surface area contributed by atoms with Crippen LogP contribution in [0, 0.1) is 0 Å². The first-order valence-corrected chi connectivity index (χ1v) is 9.06. The molecule has 0 aliphatic carbocycles. The third kappa shape index (κ3) is 3.15. The highest BCUT2D eigenvalue weighted by molar-refractivity contribution is 7.13. The summed E-state index contributed by atoms with van der Waals surface area (Å²) in [5.74, 6) is 0. The standard InChI is InChI=1S/C19H21N3S/c20-16-5-7-22(8-6-16)13-14-3-4-15-11-21-12-18(17(15)10-14)19-2-1-9-23-19/h1-4,9-12,16H,5-8,13,20H2. The Morgan fingerprint density at radius 1 is 1.17 bits per heavy atom. The molecule has 3 nitrogen and oxygen atoms in total. The molecule has 1 fully saturated rings. The summed E-state index contributed by atoms with van der Waals surface area (Å²) in [5, 5.41) is 4.63. The third-order valence-electron chi connectivity index (χ3n) is 4.65. The van der Waals surface area contributed by atoms with Crippen LogP contribution in [0.25, 0.3) is 21.2 Å². The number of fused-ring (bicyclic) bond motifs is 1. The van der Waals surface area contributed by atoms with Gasteiger partial charge in [0, 0.05) is 40.8 Å². The fourth-order valence-corrected chi connectivity index (χ4v) is 4.06. The highest BCUT2D eigenvalue weighted by atomic mass is 32.1. The van der Waals surface area contributed by atoms with Crippen LogP contribution in [0.2, 0.25) is 0 Å². The number of benzene rings is 1. The molecular formula is C19H21N3S. The average Bonchev–Trinajstić information content (AvgIpc) is 3.11. The Labute approximate surface area is 140 Å². The molecule has 1 aliphatic heterocycles. The van der Waals surface area contributed by atoms with Crippen LogP contribution >= 0.6 is 11.3 Å².